The van der Waals surface area contributed by atoms with Gasteiger partial charge in [-0.2, -0.15) is 0 Å². The van der Waals surface area contributed by atoms with Crippen LogP contribution in [0.4, 0.5) is 0 Å². The maximum absolute atomic E-state index is 12.5. The first kappa shape index (κ1) is 28.6. The van der Waals surface area contributed by atoms with Gasteiger partial charge in [-0.15, -0.1) is 0 Å². The Labute approximate surface area is 232 Å². The fourth-order valence-electron chi connectivity index (χ4n) is 10.5. The number of fused-ring (bicyclic) bond motifs is 5. The van der Waals surface area contributed by atoms with E-state index in [1.807, 2.05) is 0 Å². The summed E-state index contributed by atoms with van der Waals surface area (Å²) in [4.78, 5) is 24.7. The molecule has 0 aliphatic heterocycles. The quantitative estimate of drug-likeness (QED) is 0.287. The van der Waals surface area contributed by atoms with Crippen LogP contribution >= 0.6 is 0 Å². The van der Waals surface area contributed by atoms with Gasteiger partial charge in [0.25, 0.3) is 0 Å². The van der Waals surface area contributed by atoms with E-state index in [4.69, 9.17) is 0 Å². The predicted octanol–water partition coefficient (Wildman–Crippen LogP) is 7.61. The zero-order valence-electron chi connectivity index (χ0n) is 24.7. The van der Waals surface area contributed by atoms with Gasteiger partial charge in [-0.1, -0.05) is 65.2 Å². The first-order chi connectivity index (χ1) is 18.3. The van der Waals surface area contributed by atoms with E-state index in [0.717, 1.165) is 62.8 Å². The van der Waals surface area contributed by atoms with Crippen molar-refractivity contribution in [3.05, 3.63) is 0 Å². The highest BCUT2D eigenvalue weighted by Gasteiger charge is 2.62. The minimum absolute atomic E-state index is 0.116. The summed E-state index contributed by atoms with van der Waals surface area (Å²) in [5.74, 6) is 4.94. The lowest BCUT2D eigenvalue weighted by Gasteiger charge is -2.62. The highest BCUT2D eigenvalue weighted by molar-refractivity contribution is 5.79. The molecular formula is C34H57NO3. The Hall–Kier alpha value is -0.900. The van der Waals surface area contributed by atoms with Gasteiger partial charge in [-0.05, 0) is 104 Å². The molecule has 5 fully saturated rings. The predicted molar refractivity (Wildman–Crippen MR) is 154 cm³/mol. The molecule has 0 bridgehead atoms. The molecule has 5 saturated carbocycles. The third kappa shape index (κ3) is 5.91. The number of aliphatic hydroxyl groups excluding tert-OH is 1. The second-order valence-corrected chi connectivity index (χ2v) is 15.0. The van der Waals surface area contributed by atoms with Crippen molar-refractivity contribution in [1.29, 1.82) is 0 Å². The van der Waals surface area contributed by atoms with E-state index >= 15 is 0 Å². The average Bonchev–Trinajstić information content (AvgIpc) is 3.22. The molecule has 0 spiro atoms. The van der Waals surface area contributed by atoms with Crippen LogP contribution in [0.15, 0.2) is 0 Å². The number of hydrogen-bond acceptors (Lipinski definition) is 3. The molecule has 0 aromatic carbocycles. The number of rotatable bonds is 10. The third-order valence-electron chi connectivity index (χ3n) is 12.9. The normalized spacial score (nSPS) is 41.3. The van der Waals surface area contributed by atoms with E-state index in [0.29, 0.717) is 35.4 Å². The van der Waals surface area contributed by atoms with Crippen molar-refractivity contribution in [2.45, 2.75) is 148 Å². The molecule has 5 aliphatic rings. The fraction of sp³-hybridized carbons (Fsp3) is 0.941. The molecule has 4 heteroatoms. The number of carbonyl (C=O) groups excluding carboxylic acids is 2. The van der Waals surface area contributed by atoms with Crippen LogP contribution in [0.1, 0.15) is 142 Å². The van der Waals surface area contributed by atoms with Crippen LogP contribution in [0, 0.1) is 46.3 Å². The summed E-state index contributed by atoms with van der Waals surface area (Å²) < 4.78 is 0. The molecule has 5 aliphatic carbocycles. The highest BCUT2D eigenvalue weighted by Crippen LogP contribution is 2.67. The van der Waals surface area contributed by atoms with Crippen molar-refractivity contribution in [2.24, 2.45) is 46.3 Å². The summed E-state index contributed by atoms with van der Waals surface area (Å²) in [6.45, 7) is 5.83. The van der Waals surface area contributed by atoms with Gasteiger partial charge in [0, 0.05) is 25.8 Å². The van der Waals surface area contributed by atoms with Crippen LogP contribution in [0.2, 0.25) is 0 Å². The first-order valence-electron chi connectivity index (χ1n) is 16.8. The number of carbonyl (C=O) groups is 2. The van der Waals surface area contributed by atoms with Gasteiger partial charge in [-0.25, -0.2) is 0 Å². The summed E-state index contributed by atoms with van der Waals surface area (Å²) in [6, 6.07) is 0. The summed E-state index contributed by atoms with van der Waals surface area (Å²) in [5.41, 5.74) is 0.451. The molecular weight excluding hydrogens is 470 g/mol. The van der Waals surface area contributed by atoms with Crippen LogP contribution in [0.25, 0.3) is 0 Å². The topological polar surface area (TPSA) is 66.4 Å². The maximum Gasteiger partial charge on any atom is 0.220 e. The Morgan fingerprint density at radius 1 is 0.895 bits per heavy atom. The molecule has 2 N–H and O–H groups in total. The van der Waals surface area contributed by atoms with Crippen molar-refractivity contribution in [1.82, 2.24) is 5.32 Å². The minimum Gasteiger partial charge on any atom is -0.393 e. The molecule has 8 atom stereocenters. The molecule has 5 rings (SSSR count). The lowest BCUT2D eigenvalue weighted by atomic mass is 9.42. The minimum atomic E-state index is -0.118. The number of Topliss-reactive ketones (excluding diaryl/α,β-unsaturated/α-hetero) is 1. The fourth-order valence-corrected chi connectivity index (χ4v) is 10.5. The Kier molecular flexibility index (Phi) is 9.27. The van der Waals surface area contributed by atoms with E-state index in [1.54, 1.807) is 0 Å². The molecule has 3 unspecified atom stereocenters. The van der Waals surface area contributed by atoms with Gasteiger partial charge in [0.1, 0.15) is 5.78 Å². The lowest BCUT2D eigenvalue weighted by Crippen LogP contribution is -2.57. The molecule has 0 aromatic rings. The molecule has 0 aromatic heterocycles. The van der Waals surface area contributed by atoms with Crippen LogP contribution < -0.4 is 5.32 Å². The lowest BCUT2D eigenvalue weighted by molar-refractivity contribution is -0.156. The largest absolute Gasteiger partial charge is 0.393 e. The van der Waals surface area contributed by atoms with Crippen LogP contribution in [0.3, 0.4) is 0 Å². The number of amides is 1. The van der Waals surface area contributed by atoms with Gasteiger partial charge in [0.15, 0.2) is 0 Å². The van der Waals surface area contributed by atoms with Crippen molar-refractivity contribution in [3.8, 4) is 0 Å². The Morgan fingerprint density at radius 2 is 1.63 bits per heavy atom. The molecule has 38 heavy (non-hydrogen) atoms. The van der Waals surface area contributed by atoms with Crippen LogP contribution in [0.5, 0.6) is 0 Å². The van der Waals surface area contributed by atoms with Gasteiger partial charge in [0.05, 0.1) is 6.10 Å². The molecule has 0 heterocycles. The SMILES string of the molecule is C[C@]12CCC(=O)CC1CC(CCCCCCCC(=O)NCC1CCCCC1)[C@@H]1[C@H]2CC[C@]2(C)C(O)CC[C@@H]12. The van der Waals surface area contributed by atoms with E-state index in [-0.39, 0.29) is 17.4 Å². The molecule has 216 valence electrons. The van der Waals surface area contributed by atoms with Crippen molar-refractivity contribution in [3.63, 3.8) is 0 Å². The summed E-state index contributed by atoms with van der Waals surface area (Å²) in [6.07, 6.45) is 23.1. The van der Waals surface area contributed by atoms with Crippen LogP contribution in [-0.2, 0) is 9.59 Å². The molecule has 1 amide bonds. The molecule has 4 nitrogen and oxygen atoms in total. The summed E-state index contributed by atoms with van der Waals surface area (Å²) in [5, 5.41) is 14.2. The van der Waals surface area contributed by atoms with Crippen LogP contribution in [-0.4, -0.2) is 29.4 Å². The van der Waals surface area contributed by atoms with E-state index < -0.39 is 0 Å². The molecule has 0 radical (unpaired) electrons. The van der Waals surface area contributed by atoms with Crippen molar-refractivity contribution >= 4 is 11.7 Å². The Balaban J connectivity index is 1.08. The number of aliphatic hydroxyl groups is 1. The first-order valence-corrected chi connectivity index (χ1v) is 16.8. The smallest absolute Gasteiger partial charge is 0.220 e. The van der Waals surface area contributed by atoms with Crippen molar-refractivity contribution in [2.75, 3.05) is 6.54 Å². The summed E-state index contributed by atoms with van der Waals surface area (Å²) >= 11 is 0. The van der Waals surface area contributed by atoms with E-state index in [2.05, 4.69) is 19.2 Å². The Morgan fingerprint density at radius 3 is 2.45 bits per heavy atom. The Bertz CT molecular complexity index is 821. The highest BCUT2D eigenvalue weighted by atomic mass is 16.3. The number of unbranched alkanes of at least 4 members (excludes halogenated alkanes) is 4. The summed E-state index contributed by atoms with van der Waals surface area (Å²) in [7, 11) is 0. The van der Waals surface area contributed by atoms with Crippen molar-refractivity contribution < 1.29 is 14.7 Å². The maximum atomic E-state index is 12.5. The zero-order valence-corrected chi connectivity index (χ0v) is 24.7. The average molecular weight is 528 g/mol. The zero-order chi connectivity index (χ0) is 26.8. The number of ketones is 1. The number of hydrogen-bond donors (Lipinski definition) is 2. The molecule has 0 saturated heterocycles. The second kappa shape index (κ2) is 12.3. The number of nitrogens with one attached hydrogen (secondary N) is 1. The van der Waals surface area contributed by atoms with Gasteiger partial charge in [-0.3, -0.25) is 9.59 Å². The standard InChI is InChI=1S/C34H57NO3/c1-33-19-17-27(36)22-26(33)21-25(32-28-15-16-30(37)34(28,2)20-18-29(32)33)13-9-4-3-5-10-14-31(38)35-23-24-11-7-6-8-12-24/h24-26,28-30,32,37H,3-23H2,1-2H3,(H,35,38)/t25?,26?,28-,29+,30?,32-,33-,34-/m0/s1. The monoisotopic (exact) mass is 527 g/mol. The van der Waals surface area contributed by atoms with Gasteiger partial charge < -0.3 is 10.4 Å². The third-order valence-corrected chi connectivity index (χ3v) is 12.9. The van der Waals surface area contributed by atoms with E-state index in [1.165, 1.54) is 83.5 Å². The van der Waals surface area contributed by atoms with Gasteiger partial charge in [0.2, 0.25) is 5.91 Å². The second-order valence-electron chi connectivity index (χ2n) is 15.0. The van der Waals surface area contributed by atoms with E-state index in [9.17, 15) is 14.7 Å². The van der Waals surface area contributed by atoms with Gasteiger partial charge >= 0.3 is 0 Å².